The van der Waals surface area contributed by atoms with Crippen molar-refractivity contribution in [3.8, 4) is 0 Å². The van der Waals surface area contributed by atoms with Crippen molar-refractivity contribution in [2.24, 2.45) is 9.98 Å². The van der Waals surface area contributed by atoms with Crippen molar-refractivity contribution in [1.29, 1.82) is 0 Å². The van der Waals surface area contributed by atoms with Crippen LogP contribution in [0.5, 0.6) is 0 Å². The summed E-state index contributed by atoms with van der Waals surface area (Å²) in [5, 5.41) is 0. The minimum atomic E-state index is 0. The van der Waals surface area contributed by atoms with Gasteiger partial charge in [0.1, 0.15) is 0 Å². The molecule has 0 aliphatic rings. The standard InChI is InChI=1S/C27H31N3.Fe/c1-18(2)22-12-7-9-14-26(22)28-20(5)24-16-11-17-25(30-24)21(6)29-27-15-10-8-13-23(27)19(3)4;/h7-19H,1-6H3;. The molecule has 0 bridgehead atoms. The van der Waals surface area contributed by atoms with Gasteiger partial charge in [0.2, 0.25) is 0 Å². The summed E-state index contributed by atoms with van der Waals surface area (Å²) in [6, 6.07) is 22.7. The molecule has 162 valence electrons. The van der Waals surface area contributed by atoms with Crippen molar-refractivity contribution >= 4 is 22.8 Å². The van der Waals surface area contributed by atoms with Gasteiger partial charge in [0.15, 0.2) is 0 Å². The van der Waals surface area contributed by atoms with Gasteiger partial charge in [-0.2, -0.15) is 0 Å². The molecule has 0 unspecified atom stereocenters. The van der Waals surface area contributed by atoms with E-state index in [1.165, 1.54) is 11.1 Å². The Kier molecular flexibility index (Phi) is 8.91. The van der Waals surface area contributed by atoms with E-state index in [0.717, 1.165) is 34.2 Å². The van der Waals surface area contributed by atoms with Crippen molar-refractivity contribution in [1.82, 2.24) is 4.98 Å². The van der Waals surface area contributed by atoms with Gasteiger partial charge in [-0.25, -0.2) is 4.98 Å². The van der Waals surface area contributed by atoms with E-state index in [-0.39, 0.29) is 17.1 Å². The van der Waals surface area contributed by atoms with Crippen LogP contribution < -0.4 is 0 Å². The van der Waals surface area contributed by atoms with Crippen LogP contribution in [0.3, 0.4) is 0 Å². The van der Waals surface area contributed by atoms with Crippen LogP contribution >= 0.6 is 0 Å². The van der Waals surface area contributed by atoms with E-state index in [4.69, 9.17) is 15.0 Å². The van der Waals surface area contributed by atoms with Crippen LogP contribution in [0.25, 0.3) is 0 Å². The molecular formula is C27H31FeN3. The van der Waals surface area contributed by atoms with Crippen molar-refractivity contribution in [3.63, 3.8) is 0 Å². The molecule has 3 nitrogen and oxygen atoms in total. The molecule has 0 N–H and O–H groups in total. The molecule has 31 heavy (non-hydrogen) atoms. The molecule has 0 atom stereocenters. The van der Waals surface area contributed by atoms with Crippen LogP contribution in [0.4, 0.5) is 11.4 Å². The van der Waals surface area contributed by atoms with Crippen molar-refractivity contribution in [3.05, 3.63) is 89.2 Å². The average Bonchev–Trinajstić information content (AvgIpc) is 2.74. The Morgan fingerprint density at radius 3 is 1.39 bits per heavy atom. The number of rotatable bonds is 6. The number of pyridine rings is 1. The zero-order valence-corrected chi connectivity index (χ0v) is 20.3. The zero-order chi connectivity index (χ0) is 21.7. The summed E-state index contributed by atoms with van der Waals surface area (Å²) in [6.07, 6.45) is 0. The summed E-state index contributed by atoms with van der Waals surface area (Å²) < 4.78 is 0. The van der Waals surface area contributed by atoms with E-state index in [1.807, 2.05) is 44.2 Å². The third-order valence-electron chi connectivity index (χ3n) is 5.18. The summed E-state index contributed by atoms with van der Waals surface area (Å²) >= 11 is 0. The predicted molar refractivity (Wildman–Crippen MR) is 129 cm³/mol. The number of benzene rings is 2. The van der Waals surface area contributed by atoms with Crippen molar-refractivity contribution in [2.75, 3.05) is 0 Å². The molecular weight excluding hydrogens is 422 g/mol. The Labute approximate surface area is 197 Å². The number of aliphatic imine (C=N–C) groups is 2. The van der Waals surface area contributed by atoms with Crippen LogP contribution in [-0.2, 0) is 17.1 Å². The molecule has 0 saturated carbocycles. The largest absolute Gasteiger partial charge is 0.251 e. The molecule has 0 fully saturated rings. The summed E-state index contributed by atoms with van der Waals surface area (Å²) in [7, 11) is 0. The van der Waals surface area contributed by atoms with Gasteiger partial charge in [-0.1, -0.05) is 70.2 Å². The van der Waals surface area contributed by atoms with Gasteiger partial charge < -0.3 is 0 Å². The molecule has 4 heteroatoms. The van der Waals surface area contributed by atoms with Gasteiger partial charge in [-0.3, -0.25) is 9.98 Å². The number of hydrogen-bond donors (Lipinski definition) is 0. The molecule has 0 saturated heterocycles. The van der Waals surface area contributed by atoms with Gasteiger partial charge >= 0.3 is 0 Å². The first-order chi connectivity index (χ1) is 14.4. The summed E-state index contributed by atoms with van der Waals surface area (Å²) in [5.41, 5.74) is 8.06. The second-order valence-electron chi connectivity index (χ2n) is 8.23. The second-order valence-corrected chi connectivity index (χ2v) is 8.23. The van der Waals surface area contributed by atoms with E-state index >= 15 is 0 Å². The number of nitrogens with zero attached hydrogens (tertiary/aromatic N) is 3. The fourth-order valence-electron chi connectivity index (χ4n) is 3.47. The van der Waals surface area contributed by atoms with Crippen LogP contribution in [0, 0.1) is 0 Å². The Hall–Kier alpha value is -2.55. The van der Waals surface area contributed by atoms with E-state index in [2.05, 4.69) is 64.1 Å². The van der Waals surface area contributed by atoms with E-state index < -0.39 is 0 Å². The van der Waals surface area contributed by atoms with Crippen LogP contribution in [0.15, 0.2) is 76.7 Å². The quantitative estimate of drug-likeness (QED) is 0.280. The molecule has 0 aliphatic carbocycles. The molecule has 2 aromatic carbocycles. The second kappa shape index (κ2) is 11.2. The Morgan fingerprint density at radius 1 is 0.613 bits per heavy atom. The summed E-state index contributed by atoms with van der Waals surface area (Å²) in [6.45, 7) is 12.8. The first-order valence-corrected chi connectivity index (χ1v) is 10.6. The fourth-order valence-corrected chi connectivity index (χ4v) is 3.47. The van der Waals surface area contributed by atoms with E-state index in [0.29, 0.717) is 11.8 Å². The third kappa shape index (κ3) is 6.22. The number of para-hydroxylation sites is 2. The monoisotopic (exact) mass is 453 g/mol. The summed E-state index contributed by atoms with van der Waals surface area (Å²) in [5.74, 6) is 0.847. The molecule has 0 amide bonds. The Bertz CT molecular complexity index is 998. The molecule has 3 rings (SSSR count). The molecule has 3 aromatic rings. The Balaban J connectivity index is 0.00000341. The first-order valence-electron chi connectivity index (χ1n) is 10.6. The molecule has 1 aromatic heterocycles. The van der Waals surface area contributed by atoms with Gasteiger partial charge in [0.25, 0.3) is 0 Å². The topological polar surface area (TPSA) is 37.6 Å². The maximum Gasteiger partial charge on any atom is 0.0849 e. The molecule has 0 spiro atoms. The van der Waals surface area contributed by atoms with Crippen molar-refractivity contribution < 1.29 is 17.1 Å². The Morgan fingerprint density at radius 2 is 1.00 bits per heavy atom. The van der Waals surface area contributed by atoms with Gasteiger partial charge in [-0.15, -0.1) is 0 Å². The smallest absolute Gasteiger partial charge is 0.0849 e. The van der Waals surface area contributed by atoms with Gasteiger partial charge in [-0.05, 0) is 61.1 Å². The maximum absolute atomic E-state index is 4.89. The van der Waals surface area contributed by atoms with Gasteiger partial charge in [0.05, 0.1) is 34.2 Å². The fraction of sp³-hybridized carbons (Fsp3) is 0.296. The van der Waals surface area contributed by atoms with E-state index in [9.17, 15) is 0 Å². The minimum Gasteiger partial charge on any atom is -0.251 e. The minimum absolute atomic E-state index is 0. The molecule has 0 radical (unpaired) electrons. The van der Waals surface area contributed by atoms with Gasteiger partial charge in [0, 0.05) is 17.1 Å². The van der Waals surface area contributed by atoms with Crippen LogP contribution in [0.2, 0.25) is 0 Å². The number of hydrogen-bond acceptors (Lipinski definition) is 3. The SMILES string of the molecule is CC(=Nc1ccccc1C(C)C)c1cccc(C(C)=Nc2ccccc2C(C)C)n1.[Fe]. The predicted octanol–water partition coefficient (Wildman–Crippen LogP) is 7.61. The number of aromatic nitrogens is 1. The first kappa shape index (κ1) is 24.7. The molecule has 1 heterocycles. The van der Waals surface area contributed by atoms with Crippen molar-refractivity contribution in [2.45, 2.75) is 53.4 Å². The normalized spacial score (nSPS) is 12.3. The maximum atomic E-state index is 4.89. The molecule has 0 aliphatic heterocycles. The van der Waals surface area contributed by atoms with Crippen LogP contribution in [0.1, 0.15) is 75.9 Å². The third-order valence-corrected chi connectivity index (χ3v) is 5.18. The average molecular weight is 453 g/mol. The van der Waals surface area contributed by atoms with E-state index in [1.54, 1.807) is 0 Å². The summed E-state index contributed by atoms with van der Waals surface area (Å²) in [4.78, 5) is 14.6. The van der Waals surface area contributed by atoms with Crippen LogP contribution in [-0.4, -0.2) is 16.4 Å². The zero-order valence-electron chi connectivity index (χ0n) is 19.2.